The number of piperidine rings is 1. The number of carbonyl (C=O) groups excluding carboxylic acids is 1. The first-order valence-corrected chi connectivity index (χ1v) is 14.6. The second-order valence-electron chi connectivity index (χ2n) is 10.4. The topological polar surface area (TPSA) is 97.6 Å². The Labute approximate surface area is 252 Å². The van der Waals surface area contributed by atoms with Crippen LogP contribution in [-0.2, 0) is 11.3 Å². The van der Waals surface area contributed by atoms with E-state index in [0.717, 1.165) is 43.7 Å². The number of likely N-dealkylation sites (N-methyl/N-ethyl adjacent to an activating group) is 1. The van der Waals surface area contributed by atoms with Gasteiger partial charge in [0.05, 0.1) is 18.8 Å². The summed E-state index contributed by atoms with van der Waals surface area (Å²) < 4.78 is 3.89. The summed E-state index contributed by atoms with van der Waals surface area (Å²) in [6, 6.07) is 12.4. The number of amides is 1. The number of nitrogens with two attached hydrogens (primary N) is 1. The van der Waals surface area contributed by atoms with Crippen molar-refractivity contribution in [2.45, 2.75) is 46.1 Å². The van der Waals surface area contributed by atoms with E-state index in [1.807, 2.05) is 40.4 Å². The van der Waals surface area contributed by atoms with Crippen LogP contribution in [0.2, 0.25) is 0 Å². The highest BCUT2D eigenvalue weighted by molar-refractivity contribution is 7.27. The molecule has 2 N–H and O–H groups in total. The number of likely N-dealkylation sites (tertiary alicyclic amines) is 1. The van der Waals surface area contributed by atoms with Gasteiger partial charge in [-0.15, -0.1) is 21.6 Å². The average Bonchev–Trinajstić information content (AvgIpc) is 3.55. The molecule has 1 saturated heterocycles. The minimum atomic E-state index is 0.159. The van der Waals surface area contributed by atoms with Crippen LogP contribution in [0, 0.1) is 19.3 Å². The van der Waals surface area contributed by atoms with E-state index < -0.39 is 0 Å². The zero-order valence-electron chi connectivity index (χ0n) is 25.4. The quantitative estimate of drug-likeness (QED) is 0.271. The van der Waals surface area contributed by atoms with E-state index in [2.05, 4.69) is 79.1 Å². The Kier molecular flexibility index (Phi) is 12.3. The number of hydrogen-bond acceptors (Lipinski definition) is 6. The van der Waals surface area contributed by atoms with Gasteiger partial charge >= 0.3 is 0 Å². The van der Waals surface area contributed by atoms with Gasteiger partial charge in [0.2, 0.25) is 5.91 Å². The van der Waals surface area contributed by atoms with Crippen molar-refractivity contribution in [1.82, 2.24) is 34.2 Å². The molecule has 0 radical (unpaired) electrons. The second kappa shape index (κ2) is 15.9. The third-order valence-electron chi connectivity index (χ3n) is 7.07. The zero-order chi connectivity index (χ0) is 30.6. The summed E-state index contributed by atoms with van der Waals surface area (Å²) in [6.07, 6.45) is 14.3. The van der Waals surface area contributed by atoms with E-state index >= 15 is 0 Å². The number of carbonyl (C=O) groups is 1. The fraction of sp³-hybridized carbons (Fsp3) is 0.375. The van der Waals surface area contributed by atoms with E-state index in [0.29, 0.717) is 18.3 Å². The van der Waals surface area contributed by atoms with Crippen LogP contribution in [0.5, 0.6) is 0 Å². The summed E-state index contributed by atoms with van der Waals surface area (Å²) in [6.45, 7) is 8.93. The Hall–Kier alpha value is -3.99. The van der Waals surface area contributed by atoms with Gasteiger partial charge in [-0.1, -0.05) is 30.3 Å². The van der Waals surface area contributed by atoms with Crippen LogP contribution in [0.25, 0.3) is 11.6 Å². The summed E-state index contributed by atoms with van der Waals surface area (Å²) in [7, 11) is 6.36. The molecular weight excluding hydrogens is 543 g/mol. The first-order valence-electron chi connectivity index (χ1n) is 14.1. The van der Waals surface area contributed by atoms with Gasteiger partial charge in [0.25, 0.3) is 0 Å². The number of anilines is 1. The van der Waals surface area contributed by atoms with E-state index in [-0.39, 0.29) is 5.91 Å². The molecule has 1 aliphatic heterocycles. The summed E-state index contributed by atoms with van der Waals surface area (Å²) >= 11 is 0. The maximum Gasteiger partial charge on any atom is 0.236 e. The van der Waals surface area contributed by atoms with E-state index in [1.165, 1.54) is 28.5 Å². The number of benzene rings is 1. The summed E-state index contributed by atoms with van der Waals surface area (Å²) in [5.74, 6) is 3.37. The molecule has 1 atom stereocenters. The van der Waals surface area contributed by atoms with E-state index in [1.54, 1.807) is 25.9 Å². The fourth-order valence-electron chi connectivity index (χ4n) is 4.79. The van der Waals surface area contributed by atoms with E-state index in [4.69, 9.17) is 5.73 Å². The van der Waals surface area contributed by atoms with Crippen molar-refractivity contribution in [3.63, 3.8) is 0 Å². The Morgan fingerprint density at radius 1 is 1.21 bits per heavy atom. The molecule has 222 valence electrons. The predicted molar refractivity (Wildman–Crippen MR) is 176 cm³/mol. The molecule has 0 aliphatic carbocycles. The van der Waals surface area contributed by atoms with Crippen LogP contribution in [0.3, 0.4) is 0 Å². The maximum atomic E-state index is 11.8. The normalized spacial score (nSPS) is 13.6. The minimum Gasteiger partial charge on any atom is -0.382 e. The largest absolute Gasteiger partial charge is 0.382 e. The molecule has 1 unspecified atom stereocenters. The van der Waals surface area contributed by atoms with Gasteiger partial charge in [-0.05, 0) is 81.3 Å². The lowest BCUT2D eigenvalue weighted by Crippen LogP contribution is -2.40. The number of fused-ring (bicyclic) bond motifs is 1. The van der Waals surface area contributed by atoms with Crippen LogP contribution >= 0.6 is 9.24 Å². The first-order chi connectivity index (χ1) is 20.2. The fourth-order valence-corrected chi connectivity index (χ4v) is 5.09. The van der Waals surface area contributed by atoms with E-state index in [9.17, 15) is 4.79 Å². The lowest BCUT2D eigenvalue weighted by molar-refractivity contribution is -0.130. The van der Waals surface area contributed by atoms with Crippen molar-refractivity contribution < 1.29 is 4.79 Å². The molecule has 1 aromatic carbocycles. The Morgan fingerprint density at radius 3 is 2.55 bits per heavy atom. The lowest BCUT2D eigenvalue weighted by atomic mass is 9.93. The van der Waals surface area contributed by atoms with Gasteiger partial charge in [0.1, 0.15) is 11.8 Å². The Bertz CT molecular complexity index is 1520. The molecule has 4 aromatic rings. The van der Waals surface area contributed by atoms with Crippen LogP contribution < -0.4 is 11.0 Å². The molecule has 0 bridgehead atoms. The average molecular weight is 587 g/mol. The molecular formula is C32H43N8OP. The molecule has 3 aromatic heterocycles. The van der Waals surface area contributed by atoms with Crippen molar-refractivity contribution in [1.29, 1.82) is 0 Å². The first kappa shape index (κ1) is 32.5. The lowest BCUT2D eigenvalue weighted by Gasteiger charge is -2.31. The van der Waals surface area contributed by atoms with Crippen LogP contribution in [0.15, 0.2) is 55.0 Å². The second-order valence-corrected chi connectivity index (χ2v) is 11.0. The van der Waals surface area contributed by atoms with Gasteiger partial charge in [0, 0.05) is 31.9 Å². The number of nitrogen functional groups attached to an aromatic ring is 1. The van der Waals surface area contributed by atoms with Gasteiger partial charge in [-0.25, -0.2) is 9.50 Å². The number of aromatic nitrogens is 5. The van der Waals surface area contributed by atoms with Crippen molar-refractivity contribution in [3.05, 3.63) is 77.5 Å². The number of aryl methyl sites for hydroxylation is 1. The number of allylic oxidation sites excluding steroid dienone is 1. The highest BCUT2D eigenvalue weighted by Crippen LogP contribution is 2.29. The van der Waals surface area contributed by atoms with Gasteiger partial charge in [0.15, 0.2) is 5.82 Å². The number of hydrogen-bond donors (Lipinski definition) is 1. The molecule has 1 aliphatic rings. The van der Waals surface area contributed by atoms with Crippen molar-refractivity contribution in [2.24, 2.45) is 0 Å². The molecule has 9 nitrogen and oxygen atoms in total. The molecule has 0 saturated carbocycles. The monoisotopic (exact) mass is 586 g/mol. The number of rotatable bonds is 6. The van der Waals surface area contributed by atoms with Crippen molar-refractivity contribution >= 4 is 37.9 Å². The zero-order valence-corrected chi connectivity index (χ0v) is 26.5. The Morgan fingerprint density at radius 2 is 1.90 bits per heavy atom. The van der Waals surface area contributed by atoms with Crippen molar-refractivity contribution in [3.8, 4) is 12.3 Å². The van der Waals surface area contributed by atoms with Crippen molar-refractivity contribution in [2.75, 3.05) is 39.5 Å². The van der Waals surface area contributed by atoms with Crippen LogP contribution in [0.1, 0.15) is 55.1 Å². The third-order valence-corrected chi connectivity index (χ3v) is 7.63. The van der Waals surface area contributed by atoms with Gasteiger partial charge in [-0.3, -0.25) is 14.4 Å². The summed E-state index contributed by atoms with van der Waals surface area (Å²) in [5.41, 5.74) is 11.5. The smallest absolute Gasteiger partial charge is 0.236 e. The molecule has 10 heteroatoms. The summed E-state index contributed by atoms with van der Waals surface area (Å²) in [4.78, 5) is 19.7. The third kappa shape index (κ3) is 8.75. The van der Waals surface area contributed by atoms with Crippen LogP contribution in [-0.4, -0.2) is 73.8 Å². The molecule has 4 heterocycles. The standard InChI is InChI=1S/C15H22N6O.C14H17N2P.C3H4/c1-19(2)14(22)9-20-7-5-11(6-8-20)12-3-4-13-15(16)17-10-18-21(12)13;1-3-6-13-11(2)9-16(15-13)10-12-7-4-5-8-14(12)17;1-3-2/h3-4,10-11H,5-9H2,1-2H3,(H2,16,17,18);3-9H,10,17H2,1-2H3;1H,2H3/b;6-3-;. The Balaban J connectivity index is 0.000000217. The SMILES string of the molecule is C#CC.C/C=C\c1nn(Cc2ccccc2P)cc1C.CN(C)C(=O)CN1CCC(c2ccc3c(N)ncnn23)CC1. The highest BCUT2D eigenvalue weighted by atomic mass is 31.0. The van der Waals surface area contributed by atoms with Gasteiger partial charge < -0.3 is 10.6 Å². The molecule has 1 amide bonds. The van der Waals surface area contributed by atoms with Gasteiger partial charge in [-0.2, -0.15) is 10.2 Å². The molecule has 1 fully saturated rings. The predicted octanol–water partition coefficient (Wildman–Crippen LogP) is 3.99. The number of terminal acetylenes is 1. The molecule has 5 rings (SSSR count). The van der Waals surface area contributed by atoms with Crippen LogP contribution in [0.4, 0.5) is 5.82 Å². The highest BCUT2D eigenvalue weighted by Gasteiger charge is 2.24. The minimum absolute atomic E-state index is 0.159. The summed E-state index contributed by atoms with van der Waals surface area (Å²) in [5, 5.41) is 10.1. The molecule has 42 heavy (non-hydrogen) atoms. The maximum absolute atomic E-state index is 11.8. The molecule has 0 spiro atoms. The number of nitrogens with zero attached hydrogens (tertiary/aromatic N) is 7.